The first-order valence-electron chi connectivity index (χ1n) is 8.47. The zero-order valence-electron chi connectivity index (χ0n) is 13.3. The molecule has 1 aromatic heterocycles. The molecule has 0 amide bonds. The first kappa shape index (κ1) is 13.6. The van der Waals surface area contributed by atoms with Crippen LogP contribution < -0.4 is 5.32 Å². The van der Waals surface area contributed by atoms with Crippen LogP contribution in [0.4, 0.5) is 5.95 Å². The zero-order valence-corrected chi connectivity index (χ0v) is 13.3. The first-order chi connectivity index (χ1) is 10.2. The van der Waals surface area contributed by atoms with E-state index in [2.05, 4.69) is 23.0 Å². The predicted octanol–water partition coefficient (Wildman–Crippen LogP) is 3.22. The highest BCUT2D eigenvalue weighted by molar-refractivity contribution is 5.35. The van der Waals surface area contributed by atoms with Gasteiger partial charge in [-0.25, -0.2) is 4.98 Å². The molecule has 0 saturated heterocycles. The third kappa shape index (κ3) is 2.48. The van der Waals surface area contributed by atoms with Gasteiger partial charge in [0.15, 0.2) is 0 Å². The maximum absolute atomic E-state index is 5.23. The van der Waals surface area contributed by atoms with Gasteiger partial charge in [-0.05, 0) is 63.2 Å². The Labute approximate surface area is 127 Å². The fourth-order valence-electron chi connectivity index (χ4n) is 5.51. The lowest BCUT2D eigenvalue weighted by atomic mass is 9.53. The highest BCUT2D eigenvalue weighted by atomic mass is 16.5. The maximum atomic E-state index is 5.23. The van der Waals surface area contributed by atoms with E-state index in [1.165, 1.54) is 38.5 Å². The summed E-state index contributed by atoms with van der Waals surface area (Å²) in [6.07, 6.45) is 10.7. The summed E-state index contributed by atoms with van der Waals surface area (Å²) in [7, 11) is 1.76. The Morgan fingerprint density at radius 2 is 1.86 bits per heavy atom. The molecule has 0 aromatic carbocycles. The van der Waals surface area contributed by atoms with Crippen LogP contribution >= 0.6 is 0 Å². The van der Waals surface area contributed by atoms with Gasteiger partial charge in [0.25, 0.3) is 0 Å². The van der Waals surface area contributed by atoms with Crippen molar-refractivity contribution in [2.45, 2.75) is 57.5 Å². The Morgan fingerprint density at radius 1 is 1.24 bits per heavy atom. The first-order valence-corrected chi connectivity index (χ1v) is 8.47. The van der Waals surface area contributed by atoms with E-state index in [-0.39, 0.29) is 0 Å². The highest BCUT2D eigenvalue weighted by Crippen LogP contribution is 2.56. The Balaban J connectivity index is 1.55. The molecule has 0 atom stereocenters. The summed E-state index contributed by atoms with van der Waals surface area (Å²) >= 11 is 0. The molecule has 21 heavy (non-hydrogen) atoms. The molecule has 116 valence electrons. The smallest absolute Gasteiger partial charge is 0.203 e. The lowest BCUT2D eigenvalue weighted by Crippen LogP contribution is -2.55. The Bertz CT molecular complexity index is 487. The summed E-state index contributed by atoms with van der Waals surface area (Å²) in [4.78, 5) is 4.74. The lowest BCUT2D eigenvalue weighted by Gasteiger charge is -2.57. The number of methoxy groups -OCH3 is 1. The van der Waals surface area contributed by atoms with Crippen molar-refractivity contribution < 1.29 is 4.74 Å². The molecule has 4 fully saturated rings. The minimum atomic E-state index is 0.331. The van der Waals surface area contributed by atoms with Crippen molar-refractivity contribution in [3.8, 4) is 0 Å². The molecule has 1 heterocycles. The van der Waals surface area contributed by atoms with Crippen LogP contribution in [0.25, 0.3) is 0 Å². The van der Waals surface area contributed by atoms with Crippen molar-refractivity contribution in [3.63, 3.8) is 0 Å². The molecule has 5 rings (SSSR count). The van der Waals surface area contributed by atoms with E-state index in [0.717, 1.165) is 42.5 Å². The largest absolute Gasteiger partial charge is 0.383 e. The van der Waals surface area contributed by atoms with E-state index in [1.807, 2.05) is 0 Å². The van der Waals surface area contributed by atoms with E-state index in [0.29, 0.717) is 5.54 Å². The standard InChI is InChI=1S/C17H27N3O/c1-12-11-20(3-4-21-2)16(18-12)19-17-8-13-5-14(9-17)7-15(6-13)10-17/h11,13-15H,3-10H2,1-2H3,(H,18,19). The van der Waals surface area contributed by atoms with Gasteiger partial charge in [-0.1, -0.05) is 0 Å². The van der Waals surface area contributed by atoms with Crippen molar-refractivity contribution >= 4 is 5.95 Å². The number of hydrogen-bond acceptors (Lipinski definition) is 3. The molecule has 0 unspecified atom stereocenters. The number of aromatic nitrogens is 2. The predicted molar refractivity (Wildman–Crippen MR) is 83.4 cm³/mol. The molecule has 4 heteroatoms. The van der Waals surface area contributed by atoms with Crippen LogP contribution in [0, 0.1) is 24.7 Å². The van der Waals surface area contributed by atoms with E-state index >= 15 is 0 Å². The number of rotatable bonds is 5. The summed E-state index contributed by atoms with van der Waals surface area (Å²) in [5.74, 6) is 3.96. The van der Waals surface area contributed by atoms with E-state index < -0.39 is 0 Å². The minimum absolute atomic E-state index is 0.331. The third-order valence-electron chi connectivity index (χ3n) is 5.85. The molecule has 4 saturated carbocycles. The Morgan fingerprint density at radius 3 is 2.43 bits per heavy atom. The van der Waals surface area contributed by atoms with Crippen LogP contribution in [-0.4, -0.2) is 28.8 Å². The summed E-state index contributed by atoms with van der Waals surface area (Å²) in [5.41, 5.74) is 1.43. The fraction of sp³-hybridized carbons (Fsp3) is 0.824. The number of aryl methyl sites for hydroxylation is 1. The molecule has 4 aliphatic carbocycles. The second kappa shape index (κ2) is 5.01. The van der Waals surface area contributed by atoms with Gasteiger partial charge in [-0.3, -0.25) is 0 Å². The molecule has 0 radical (unpaired) electrons. The van der Waals surface area contributed by atoms with Crippen LogP contribution in [0.1, 0.15) is 44.2 Å². The number of imidazole rings is 1. The molecule has 4 nitrogen and oxygen atoms in total. The molecule has 0 aliphatic heterocycles. The lowest BCUT2D eigenvalue weighted by molar-refractivity contribution is 0.0102. The average Bonchev–Trinajstić information content (AvgIpc) is 2.74. The zero-order chi connectivity index (χ0) is 14.4. The minimum Gasteiger partial charge on any atom is -0.383 e. The van der Waals surface area contributed by atoms with Gasteiger partial charge in [0, 0.05) is 25.4 Å². The molecule has 1 aromatic rings. The fourth-order valence-corrected chi connectivity index (χ4v) is 5.51. The van der Waals surface area contributed by atoms with Crippen molar-refractivity contribution in [3.05, 3.63) is 11.9 Å². The maximum Gasteiger partial charge on any atom is 0.203 e. The summed E-state index contributed by atoms with van der Waals surface area (Å²) in [5, 5.41) is 3.88. The SMILES string of the molecule is COCCn1cc(C)nc1NC12CC3CC(CC(C3)C1)C2. The molecular formula is C17H27N3O. The van der Waals surface area contributed by atoms with Crippen LogP contribution in [0.15, 0.2) is 6.20 Å². The van der Waals surface area contributed by atoms with Crippen molar-refractivity contribution in [2.75, 3.05) is 19.0 Å². The van der Waals surface area contributed by atoms with Gasteiger partial charge in [0.1, 0.15) is 0 Å². The number of nitrogens with one attached hydrogen (secondary N) is 1. The average molecular weight is 289 g/mol. The molecule has 4 bridgehead atoms. The van der Waals surface area contributed by atoms with E-state index in [4.69, 9.17) is 9.72 Å². The molecular weight excluding hydrogens is 262 g/mol. The second-order valence-corrected chi connectivity index (χ2v) is 7.71. The topological polar surface area (TPSA) is 39.1 Å². The third-order valence-corrected chi connectivity index (χ3v) is 5.85. The van der Waals surface area contributed by atoms with Crippen LogP contribution in [0.5, 0.6) is 0 Å². The van der Waals surface area contributed by atoms with Gasteiger partial charge < -0.3 is 14.6 Å². The second-order valence-electron chi connectivity index (χ2n) is 7.71. The molecule has 4 aliphatic rings. The summed E-state index contributed by atoms with van der Waals surface area (Å²) in [6, 6.07) is 0. The van der Waals surface area contributed by atoms with Gasteiger partial charge in [0.2, 0.25) is 5.95 Å². The van der Waals surface area contributed by atoms with Crippen LogP contribution in [-0.2, 0) is 11.3 Å². The highest BCUT2D eigenvalue weighted by Gasteiger charge is 2.51. The monoisotopic (exact) mass is 289 g/mol. The van der Waals surface area contributed by atoms with E-state index in [1.54, 1.807) is 7.11 Å². The Hall–Kier alpha value is -1.03. The van der Waals surface area contributed by atoms with Crippen molar-refractivity contribution in [1.29, 1.82) is 0 Å². The summed E-state index contributed by atoms with van der Waals surface area (Å²) < 4.78 is 7.46. The quantitative estimate of drug-likeness (QED) is 0.904. The molecule has 0 spiro atoms. The summed E-state index contributed by atoms with van der Waals surface area (Å²) in [6.45, 7) is 3.70. The van der Waals surface area contributed by atoms with Gasteiger partial charge in [-0.2, -0.15) is 0 Å². The van der Waals surface area contributed by atoms with E-state index in [9.17, 15) is 0 Å². The Kier molecular flexibility index (Phi) is 3.25. The molecule has 1 N–H and O–H groups in total. The van der Waals surface area contributed by atoms with Gasteiger partial charge >= 0.3 is 0 Å². The normalized spacial score (nSPS) is 37.1. The van der Waals surface area contributed by atoms with Gasteiger partial charge in [-0.15, -0.1) is 0 Å². The van der Waals surface area contributed by atoms with Gasteiger partial charge in [0.05, 0.1) is 12.3 Å². The van der Waals surface area contributed by atoms with Crippen LogP contribution in [0.3, 0.4) is 0 Å². The number of hydrogen-bond donors (Lipinski definition) is 1. The van der Waals surface area contributed by atoms with Crippen molar-refractivity contribution in [2.24, 2.45) is 17.8 Å². The van der Waals surface area contributed by atoms with Crippen molar-refractivity contribution in [1.82, 2.24) is 9.55 Å². The van der Waals surface area contributed by atoms with Crippen LogP contribution in [0.2, 0.25) is 0 Å². The number of nitrogens with zero attached hydrogens (tertiary/aromatic N) is 2. The number of ether oxygens (including phenoxy) is 1. The number of anilines is 1.